The minimum Gasteiger partial charge on any atom is -0.396 e. The molecule has 0 unspecified atom stereocenters. The summed E-state index contributed by atoms with van der Waals surface area (Å²) in [6.07, 6.45) is 2.66. The molecule has 2 N–H and O–H groups in total. The summed E-state index contributed by atoms with van der Waals surface area (Å²) in [7, 11) is 0. The number of aromatic nitrogens is 1. The Labute approximate surface area is 117 Å². The Kier molecular flexibility index (Phi) is 5.41. The van der Waals surface area contributed by atoms with E-state index in [1.807, 2.05) is 19.9 Å². The lowest BCUT2D eigenvalue weighted by molar-refractivity contribution is -0.385. The minimum absolute atomic E-state index is 0.0705. The molecule has 0 spiro atoms. The number of pyridine rings is 1. The highest BCUT2D eigenvalue weighted by atomic mass is 16.6. The van der Waals surface area contributed by atoms with Gasteiger partial charge in [0.25, 0.3) is 5.69 Å². The first kappa shape index (κ1) is 15.9. The van der Waals surface area contributed by atoms with Crippen molar-refractivity contribution in [2.75, 3.05) is 18.5 Å². The topological polar surface area (TPSA) is 112 Å². The van der Waals surface area contributed by atoms with Gasteiger partial charge in [0.15, 0.2) is 0 Å². The smallest absolute Gasteiger partial charge is 0.289 e. The molecule has 0 fully saturated rings. The number of anilines is 1. The molecule has 0 atom stereocenters. The van der Waals surface area contributed by atoms with Crippen molar-refractivity contribution in [1.29, 1.82) is 5.26 Å². The fraction of sp³-hybridized carbons (Fsp3) is 0.538. The Morgan fingerprint density at radius 2 is 2.30 bits per heavy atom. The van der Waals surface area contributed by atoms with Crippen molar-refractivity contribution in [2.24, 2.45) is 5.41 Å². The summed E-state index contributed by atoms with van der Waals surface area (Å²) in [4.78, 5) is 14.0. The van der Waals surface area contributed by atoms with Gasteiger partial charge in [0.05, 0.1) is 4.92 Å². The molecule has 0 saturated heterocycles. The normalized spacial score (nSPS) is 10.9. The third-order valence-electron chi connectivity index (χ3n) is 2.95. The van der Waals surface area contributed by atoms with E-state index in [1.54, 1.807) is 0 Å². The second-order valence-electron chi connectivity index (χ2n) is 5.30. The molecule has 1 aromatic heterocycles. The van der Waals surface area contributed by atoms with Crippen LogP contribution < -0.4 is 5.32 Å². The monoisotopic (exact) mass is 278 g/mol. The number of rotatable bonds is 7. The maximum Gasteiger partial charge on any atom is 0.289 e. The largest absolute Gasteiger partial charge is 0.396 e. The van der Waals surface area contributed by atoms with Crippen molar-refractivity contribution in [3.63, 3.8) is 0 Å². The van der Waals surface area contributed by atoms with Crippen molar-refractivity contribution < 1.29 is 10.0 Å². The molecule has 0 aliphatic heterocycles. The van der Waals surface area contributed by atoms with Crippen molar-refractivity contribution in [3.05, 3.63) is 27.9 Å². The van der Waals surface area contributed by atoms with Gasteiger partial charge in [-0.1, -0.05) is 13.8 Å². The molecular formula is C13H18N4O3. The molecule has 7 heteroatoms. The maximum atomic E-state index is 10.6. The second kappa shape index (κ2) is 6.82. The van der Waals surface area contributed by atoms with Crippen LogP contribution in [-0.2, 0) is 0 Å². The zero-order valence-electron chi connectivity index (χ0n) is 11.6. The summed E-state index contributed by atoms with van der Waals surface area (Å²) in [6, 6.07) is 3.11. The van der Waals surface area contributed by atoms with Crippen molar-refractivity contribution in [1.82, 2.24) is 4.98 Å². The van der Waals surface area contributed by atoms with Crippen molar-refractivity contribution >= 4 is 11.5 Å². The number of nitrogens with one attached hydrogen (secondary N) is 1. The highest BCUT2D eigenvalue weighted by Gasteiger charge is 2.19. The van der Waals surface area contributed by atoms with E-state index in [9.17, 15) is 10.1 Å². The SMILES string of the molecule is CC(C)(CCCO)CNc1ncc([N+](=O)[O-])cc1C#N. The first-order valence-electron chi connectivity index (χ1n) is 6.29. The van der Waals surface area contributed by atoms with Crippen LogP contribution in [0.2, 0.25) is 0 Å². The number of nitro groups is 1. The van der Waals surface area contributed by atoms with Crippen molar-refractivity contribution in [2.45, 2.75) is 26.7 Å². The molecule has 0 amide bonds. The number of hydrogen-bond acceptors (Lipinski definition) is 6. The lowest BCUT2D eigenvalue weighted by atomic mass is 9.88. The van der Waals surface area contributed by atoms with E-state index in [4.69, 9.17) is 10.4 Å². The Morgan fingerprint density at radius 3 is 2.85 bits per heavy atom. The van der Waals surface area contributed by atoms with Gasteiger partial charge in [0, 0.05) is 19.2 Å². The zero-order chi connectivity index (χ0) is 15.2. The van der Waals surface area contributed by atoms with Crippen LogP contribution in [0.5, 0.6) is 0 Å². The van der Waals surface area contributed by atoms with Crippen LogP contribution in [0.4, 0.5) is 11.5 Å². The third-order valence-corrected chi connectivity index (χ3v) is 2.95. The molecule has 20 heavy (non-hydrogen) atoms. The molecule has 1 aromatic rings. The quantitative estimate of drug-likeness (QED) is 0.583. The Balaban J connectivity index is 2.78. The second-order valence-corrected chi connectivity index (χ2v) is 5.30. The van der Waals surface area contributed by atoms with Gasteiger partial charge in [-0.3, -0.25) is 10.1 Å². The molecule has 0 aliphatic carbocycles. The van der Waals surface area contributed by atoms with Crippen LogP contribution >= 0.6 is 0 Å². The predicted octanol–water partition coefficient (Wildman–Crippen LogP) is 2.07. The number of aliphatic hydroxyl groups is 1. The zero-order valence-corrected chi connectivity index (χ0v) is 11.6. The number of aliphatic hydroxyl groups excluding tert-OH is 1. The lowest BCUT2D eigenvalue weighted by Crippen LogP contribution is -2.24. The molecule has 1 heterocycles. The van der Waals surface area contributed by atoms with E-state index < -0.39 is 4.92 Å². The summed E-state index contributed by atoms with van der Waals surface area (Å²) >= 11 is 0. The number of nitriles is 1. The van der Waals surface area contributed by atoms with Gasteiger partial charge >= 0.3 is 0 Å². The maximum absolute atomic E-state index is 10.6. The van der Waals surface area contributed by atoms with E-state index in [0.717, 1.165) is 12.6 Å². The van der Waals surface area contributed by atoms with Crippen LogP contribution in [0.3, 0.4) is 0 Å². The number of nitrogens with zero attached hydrogens (tertiary/aromatic N) is 3. The molecule has 0 aromatic carbocycles. The van der Waals surface area contributed by atoms with Crippen LogP contribution in [0, 0.1) is 26.9 Å². The van der Waals surface area contributed by atoms with E-state index in [0.29, 0.717) is 18.8 Å². The summed E-state index contributed by atoms with van der Waals surface area (Å²) in [6.45, 7) is 4.77. The Hall–Kier alpha value is -2.20. The van der Waals surface area contributed by atoms with Gasteiger partial charge in [0.2, 0.25) is 0 Å². The molecule has 1 rings (SSSR count). The van der Waals surface area contributed by atoms with Crippen LogP contribution in [0.15, 0.2) is 12.3 Å². The Morgan fingerprint density at radius 1 is 1.60 bits per heavy atom. The predicted molar refractivity (Wildman–Crippen MR) is 74.2 cm³/mol. The summed E-state index contributed by atoms with van der Waals surface area (Å²) in [5, 5.41) is 31.5. The van der Waals surface area contributed by atoms with Crippen LogP contribution in [0.25, 0.3) is 0 Å². The molecule has 0 saturated carbocycles. The van der Waals surface area contributed by atoms with E-state index in [2.05, 4.69) is 10.3 Å². The third kappa shape index (κ3) is 4.48. The molecule has 0 aliphatic rings. The fourth-order valence-electron chi connectivity index (χ4n) is 1.75. The minimum atomic E-state index is -0.581. The fourth-order valence-corrected chi connectivity index (χ4v) is 1.75. The van der Waals surface area contributed by atoms with Crippen LogP contribution in [0.1, 0.15) is 32.3 Å². The average Bonchev–Trinajstić information content (AvgIpc) is 2.42. The first-order chi connectivity index (χ1) is 9.39. The molecule has 0 radical (unpaired) electrons. The summed E-state index contributed by atoms with van der Waals surface area (Å²) < 4.78 is 0. The van der Waals surface area contributed by atoms with Gasteiger partial charge in [0.1, 0.15) is 23.6 Å². The Bertz CT molecular complexity index is 523. The molecule has 108 valence electrons. The summed E-state index contributed by atoms with van der Waals surface area (Å²) in [5.74, 6) is 0.343. The van der Waals surface area contributed by atoms with Gasteiger partial charge in [-0.2, -0.15) is 5.26 Å². The molecule has 0 bridgehead atoms. The molecular weight excluding hydrogens is 260 g/mol. The number of hydrogen-bond donors (Lipinski definition) is 2. The highest BCUT2D eigenvalue weighted by molar-refractivity contribution is 5.55. The first-order valence-corrected chi connectivity index (χ1v) is 6.29. The molecule has 7 nitrogen and oxygen atoms in total. The standard InChI is InChI=1S/C13H18N4O3/c1-13(2,4-3-5-18)9-16-12-10(7-14)6-11(8-15-12)17(19)20/h6,8,18H,3-5,9H2,1-2H3,(H,15,16). The highest BCUT2D eigenvalue weighted by Crippen LogP contribution is 2.24. The van der Waals surface area contributed by atoms with E-state index in [-0.39, 0.29) is 23.3 Å². The van der Waals surface area contributed by atoms with E-state index >= 15 is 0 Å². The summed E-state index contributed by atoms with van der Waals surface area (Å²) in [5.41, 5.74) is -0.123. The van der Waals surface area contributed by atoms with Crippen LogP contribution in [-0.4, -0.2) is 28.2 Å². The van der Waals surface area contributed by atoms with Gasteiger partial charge in [-0.15, -0.1) is 0 Å². The van der Waals surface area contributed by atoms with Gasteiger partial charge in [-0.25, -0.2) is 4.98 Å². The van der Waals surface area contributed by atoms with Crippen molar-refractivity contribution in [3.8, 4) is 6.07 Å². The lowest BCUT2D eigenvalue weighted by Gasteiger charge is -2.25. The van der Waals surface area contributed by atoms with E-state index in [1.165, 1.54) is 6.07 Å². The average molecular weight is 278 g/mol. The van der Waals surface area contributed by atoms with Gasteiger partial charge in [-0.05, 0) is 18.3 Å². The van der Waals surface area contributed by atoms with Gasteiger partial charge < -0.3 is 10.4 Å².